The molecule has 0 bridgehead atoms. The molecule has 0 saturated carbocycles. The lowest BCUT2D eigenvalue weighted by atomic mass is 10.1. The first-order valence-corrected chi connectivity index (χ1v) is 6.76. The Morgan fingerprint density at radius 2 is 1.89 bits per heavy atom. The minimum absolute atomic E-state index is 0.120. The molecular formula is C15H15BrN2O. The number of hydrogen-bond donors (Lipinski definition) is 2. The number of hydrogen-bond acceptors (Lipinski definition) is 2. The number of rotatable bonds is 3. The molecule has 98 valence electrons. The number of aryl methyl sites for hydroxylation is 1. The van der Waals surface area contributed by atoms with E-state index in [9.17, 15) is 4.79 Å². The minimum atomic E-state index is -0.120. The van der Waals surface area contributed by atoms with Gasteiger partial charge in [-0.25, -0.2) is 0 Å². The van der Waals surface area contributed by atoms with E-state index in [1.54, 1.807) is 12.1 Å². The number of halogens is 1. The molecule has 19 heavy (non-hydrogen) atoms. The Hall–Kier alpha value is -1.65. The molecule has 0 spiro atoms. The van der Waals surface area contributed by atoms with E-state index in [0.29, 0.717) is 12.1 Å². The van der Waals surface area contributed by atoms with Crippen LogP contribution in [-0.2, 0) is 6.54 Å². The Labute approximate surface area is 121 Å². The Morgan fingerprint density at radius 3 is 2.47 bits per heavy atom. The molecule has 1 amide bonds. The molecule has 0 aromatic heterocycles. The van der Waals surface area contributed by atoms with Gasteiger partial charge in [-0.15, -0.1) is 0 Å². The van der Waals surface area contributed by atoms with Crippen LogP contribution in [0.5, 0.6) is 0 Å². The zero-order chi connectivity index (χ0) is 13.8. The summed E-state index contributed by atoms with van der Waals surface area (Å²) in [5.41, 5.74) is 9.02. The van der Waals surface area contributed by atoms with Crippen LogP contribution in [0.25, 0.3) is 0 Å². The zero-order valence-electron chi connectivity index (χ0n) is 10.6. The summed E-state index contributed by atoms with van der Waals surface area (Å²) < 4.78 is 1.03. The maximum Gasteiger partial charge on any atom is 0.255 e. The van der Waals surface area contributed by atoms with E-state index in [-0.39, 0.29) is 5.91 Å². The van der Waals surface area contributed by atoms with Crippen LogP contribution in [0, 0.1) is 6.92 Å². The highest BCUT2D eigenvalue weighted by molar-refractivity contribution is 9.10. The highest BCUT2D eigenvalue weighted by atomic mass is 79.9. The number of anilines is 1. The van der Waals surface area contributed by atoms with Crippen LogP contribution in [0.1, 0.15) is 21.5 Å². The summed E-state index contributed by atoms with van der Waals surface area (Å²) in [6.45, 7) is 2.46. The molecule has 0 aliphatic heterocycles. The third-order valence-electron chi connectivity index (χ3n) is 2.87. The van der Waals surface area contributed by atoms with Crippen molar-refractivity contribution in [2.45, 2.75) is 13.5 Å². The van der Waals surface area contributed by atoms with Gasteiger partial charge in [0, 0.05) is 22.3 Å². The largest absolute Gasteiger partial charge is 0.326 e. The van der Waals surface area contributed by atoms with Gasteiger partial charge in [0.15, 0.2) is 0 Å². The first-order valence-electron chi connectivity index (χ1n) is 5.96. The molecule has 0 radical (unpaired) electrons. The second-order valence-corrected chi connectivity index (χ2v) is 5.17. The summed E-state index contributed by atoms with van der Waals surface area (Å²) in [5.74, 6) is -0.120. The second kappa shape index (κ2) is 5.99. The molecule has 2 aromatic rings. The van der Waals surface area contributed by atoms with Crippen molar-refractivity contribution in [2.24, 2.45) is 5.73 Å². The van der Waals surface area contributed by atoms with Crippen molar-refractivity contribution < 1.29 is 4.79 Å². The number of amides is 1. The molecule has 4 heteroatoms. The predicted molar refractivity (Wildman–Crippen MR) is 81.2 cm³/mol. The molecule has 3 nitrogen and oxygen atoms in total. The Morgan fingerprint density at radius 1 is 1.21 bits per heavy atom. The van der Waals surface area contributed by atoms with E-state index in [1.807, 2.05) is 37.3 Å². The van der Waals surface area contributed by atoms with E-state index in [2.05, 4.69) is 21.2 Å². The Bertz CT molecular complexity index is 594. The lowest BCUT2D eigenvalue weighted by Crippen LogP contribution is -2.12. The molecular weight excluding hydrogens is 304 g/mol. The van der Waals surface area contributed by atoms with Crippen LogP contribution in [-0.4, -0.2) is 5.91 Å². The van der Waals surface area contributed by atoms with Crippen molar-refractivity contribution in [3.8, 4) is 0 Å². The van der Waals surface area contributed by atoms with Gasteiger partial charge in [0.25, 0.3) is 5.91 Å². The highest BCUT2D eigenvalue weighted by Gasteiger charge is 2.06. The topological polar surface area (TPSA) is 55.1 Å². The highest BCUT2D eigenvalue weighted by Crippen LogP contribution is 2.20. The molecule has 0 heterocycles. The minimum Gasteiger partial charge on any atom is -0.326 e. The fourth-order valence-electron chi connectivity index (χ4n) is 1.72. The number of nitrogens with two attached hydrogens (primary N) is 1. The summed E-state index contributed by atoms with van der Waals surface area (Å²) in [6, 6.07) is 13.0. The SMILES string of the molecule is Cc1cc(NC(=O)c2ccc(CN)cc2)ccc1Br. The summed E-state index contributed by atoms with van der Waals surface area (Å²) >= 11 is 3.43. The normalized spacial score (nSPS) is 10.3. The van der Waals surface area contributed by atoms with Crippen molar-refractivity contribution in [2.75, 3.05) is 5.32 Å². The van der Waals surface area contributed by atoms with Crippen LogP contribution in [0.15, 0.2) is 46.9 Å². The summed E-state index contributed by atoms with van der Waals surface area (Å²) in [7, 11) is 0. The van der Waals surface area contributed by atoms with Crippen molar-refractivity contribution in [3.63, 3.8) is 0 Å². The molecule has 2 aromatic carbocycles. The van der Waals surface area contributed by atoms with Gasteiger partial charge in [-0.3, -0.25) is 4.79 Å². The van der Waals surface area contributed by atoms with Gasteiger partial charge in [-0.05, 0) is 48.4 Å². The summed E-state index contributed by atoms with van der Waals surface area (Å²) in [4.78, 5) is 12.1. The van der Waals surface area contributed by atoms with Gasteiger partial charge in [0.2, 0.25) is 0 Å². The van der Waals surface area contributed by atoms with E-state index in [0.717, 1.165) is 21.3 Å². The van der Waals surface area contributed by atoms with E-state index in [4.69, 9.17) is 5.73 Å². The molecule has 0 atom stereocenters. The first-order chi connectivity index (χ1) is 9.10. The Balaban J connectivity index is 2.13. The van der Waals surface area contributed by atoms with E-state index in [1.165, 1.54) is 0 Å². The summed E-state index contributed by atoms with van der Waals surface area (Å²) in [5, 5.41) is 2.87. The molecule has 0 saturated heterocycles. The maximum atomic E-state index is 12.1. The van der Waals surface area contributed by atoms with E-state index < -0.39 is 0 Å². The number of carbonyl (C=O) groups excluding carboxylic acids is 1. The Kier molecular flexibility index (Phi) is 4.35. The van der Waals surface area contributed by atoms with Gasteiger partial charge in [-0.2, -0.15) is 0 Å². The van der Waals surface area contributed by atoms with Gasteiger partial charge in [0.1, 0.15) is 0 Å². The third kappa shape index (κ3) is 3.43. The van der Waals surface area contributed by atoms with E-state index >= 15 is 0 Å². The van der Waals surface area contributed by atoms with Crippen LogP contribution in [0.2, 0.25) is 0 Å². The average molecular weight is 319 g/mol. The van der Waals surface area contributed by atoms with Crippen LogP contribution in [0.3, 0.4) is 0 Å². The van der Waals surface area contributed by atoms with Crippen molar-refractivity contribution in [1.29, 1.82) is 0 Å². The summed E-state index contributed by atoms with van der Waals surface area (Å²) in [6.07, 6.45) is 0. The third-order valence-corrected chi connectivity index (χ3v) is 3.76. The molecule has 2 rings (SSSR count). The monoisotopic (exact) mass is 318 g/mol. The second-order valence-electron chi connectivity index (χ2n) is 4.32. The molecule has 0 aliphatic carbocycles. The lowest BCUT2D eigenvalue weighted by molar-refractivity contribution is 0.102. The lowest BCUT2D eigenvalue weighted by Gasteiger charge is -2.07. The van der Waals surface area contributed by atoms with Crippen LogP contribution < -0.4 is 11.1 Å². The average Bonchev–Trinajstić information content (AvgIpc) is 2.43. The smallest absolute Gasteiger partial charge is 0.255 e. The number of carbonyl (C=O) groups is 1. The number of nitrogens with one attached hydrogen (secondary N) is 1. The van der Waals surface area contributed by atoms with Gasteiger partial charge < -0.3 is 11.1 Å². The maximum absolute atomic E-state index is 12.1. The van der Waals surface area contributed by atoms with Gasteiger partial charge in [0.05, 0.1) is 0 Å². The van der Waals surface area contributed by atoms with Gasteiger partial charge in [-0.1, -0.05) is 28.1 Å². The standard InChI is InChI=1S/C15H15BrN2O/c1-10-8-13(6-7-14(10)16)18-15(19)12-4-2-11(9-17)3-5-12/h2-8H,9,17H2,1H3,(H,18,19). The molecule has 0 aliphatic rings. The quantitative estimate of drug-likeness (QED) is 0.910. The molecule has 3 N–H and O–H groups in total. The first kappa shape index (κ1) is 13.8. The fraction of sp³-hybridized carbons (Fsp3) is 0.133. The van der Waals surface area contributed by atoms with Crippen molar-refractivity contribution in [1.82, 2.24) is 0 Å². The molecule has 0 fully saturated rings. The van der Waals surface area contributed by atoms with Gasteiger partial charge >= 0.3 is 0 Å². The zero-order valence-corrected chi connectivity index (χ0v) is 12.2. The van der Waals surface area contributed by atoms with Crippen LogP contribution in [0.4, 0.5) is 5.69 Å². The van der Waals surface area contributed by atoms with Crippen LogP contribution >= 0.6 is 15.9 Å². The van der Waals surface area contributed by atoms with Crippen molar-refractivity contribution in [3.05, 3.63) is 63.6 Å². The number of benzene rings is 2. The fourth-order valence-corrected chi connectivity index (χ4v) is 1.96. The van der Waals surface area contributed by atoms with Crippen molar-refractivity contribution >= 4 is 27.5 Å². The molecule has 0 unspecified atom stereocenters. The predicted octanol–water partition coefficient (Wildman–Crippen LogP) is 3.47.